The molecule has 0 fully saturated rings. The maximum atomic E-state index is 10.9. The SMILES string of the molecule is CCCCCCC=CCCC(CCC(=O)O)C(=O)O. The lowest BCUT2D eigenvalue weighted by Gasteiger charge is -2.08. The minimum atomic E-state index is -0.933. The number of unbranched alkanes of at least 4 members (excludes halogenated alkanes) is 4. The number of carbonyl (C=O) groups is 2. The van der Waals surface area contributed by atoms with Gasteiger partial charge in [-0.15, -0.1) is 0 Å². The zero-order chi connectivity index (χ0) is 14.5. The van der Waals surface area contributed by atoms with E-state index in [0.717, 1.165) is 6.42 Å². The number of carboxylic acid groups (broad SMARTS) is 2. The minimum Gasteiger partial charge on any atom is -0.481 e. The van der Waals surface area contributed by atoms with Crippen LogP contribution in [0, 0.1) is 5.92 Å². The maximum absolute atomic E-state index is 10.9. The first-order valence-electron chi connectivity index (χ1n) is 7.17. The van der Waals surface area contributed by atoms with Gasteiger partial charge in [0, 0.05) is 6.42 Å². The Morgan fingerprint density at radius 2 is 1.68 bits per heavy atom. The molecular formula is C15H26O4. The molecule has 110 valence electrons. The fourth-order valence-corrected chi connectivity index (χ4v) is 1.91. The van der Waals surface area contributed by atoms with E-state index in [4.69, 9.17) is 10.2 Å². The zero-order valence-corrected chi connectivity index (χ0v) is 11.8. The molecule has 0 amide bonds. The monoisotopic (exact) mass is 270 g/mol. The molecule has 0 heterocycles. The summed E-state index contributed by atoms with van der Waals surface area (Å²) in [5.74, 6) is -2.36. The van der Waals surface area contributed by atoms with Crippen molar-refractivity contribution in [3.8, 4) is 0 Å². The highest BCUT2D eigenvalue weighted by molar-refractivity contribution is 5.72. The summed E-state index contributed by atoms with van der Waals surface area (Å²) in [6.07, 6.45) is 11.5. The van der Waals surface area contributed by atoms with E-state index < -0.39 is 17.9 Å². The van der Waals surface area contributed by atoms with E-state index in [1.807, 2.05) is 6.08 Å². The molecule has 0 aliphatic heterocycles. The molecule has 2 N–H and O–H groups in total. The van der Waals surface area contributed by atoms with Crippen LogP contribution in [0.25, 0.3) is 0 Å². The third-order valence-electron chi connectivity index (χ3n) is 3.13. The van der Waals surface area contributed by atoms with Crippen molar-refractivity contribution in [2.75, 3.05) is 0 Å². The van der Waals surface area contributed by atoms with Crippen LogP contribution in [0.2, 0.25) is 0 Å². The van der Waals surface area contributed by atoms with Crippen molar-refractivity contribution in [2.45, 2.75) is 64.7 Å². The van der Waals surface area contributed by atoms with E-state index >= 15 is 0 Å². The van der Waals surface area contributed by atoms with Crippen LogP contribution >= 0.6 is 0 Å². The molecule has 0 bridgehead atoms. The van der Waals surface area contributed by atoms with Gasteiger partial charge in [-0.1, -0.05) is 38.3 Å². The lowest BCUT2D eigenvalue weighted by atomic mass is 9.97. The van der Waals surface area contributed by atoms with Gasteiger partial charge in [-0.25, -0.2) is 0 Å². The first-order valence-corrected chi connectivity index (χ1v) is 7.17. The van der Waals surface area contributed by atoms with Gasteiger partial charge in [0.05, 0.1) is 5.92 Å². The molecule has 0 aromatic heterocycles. The molecule has 0 saturated heterocycles. The third-order valence-corrected chi connectivity index (χ3v) is 3.13. The topological polar surface area (TPSA) is 74.6 Å². The van der Waals surface area contributed by atoms with Crippen LogP contribution in [0.3, 0.4) is 0 Å². The number of carboxylic acids is 2. The molecular weight excluding hydrogens is 244 g/mol. The van der Waals surface area contributed by atoms with Crippen molar-refractivity contribution < 1.29 is 19.8 Å². The first kappa shape index (κ1) is 17.7. The van der Waals surface area contributed by atoms with E-state index in [1.54, 1.807) is 0 Å². The van der Waals surface area contributed by atoms with E-state index in [1.165, 1.54) is 25.7 Å². The van der Waals surface area contributed by atoms with Gasteiger partial charge >= 0.3 is 11.9 Å². The van der Waals surface area contributed by atoms with E-state index in [2.05, 4.69) is 13.0 Å². The number of rotatable bonds is 12. The van der Waals surface area contributed by atoms with Crippen LogP contribution in [0.1, 0.15) is 64.7 Å². The smallest absolute Gasteiger partial charge is 0.306 e. The van der Waals surface area contributed by atoms with Crippen molar-refractivity contribution in [1.29, 1.82) is 0 Å². The van der Waals surface area contributed by atoms with Crippen molar-refractivity contribution >= 4 is 11.9 Å². The quantitative estimate of drug-likeness (QED) is 0.417. The maximum Gasteiger partial charge on any atom is 0.306 e. The van der Waals surface area contributed by atoms with Gasteiger partial charge in [-0.2, -0.15) is 0 Å². The molecule has 4 nitrogen and oxygen atoms in total. The van der Waals surface area contributed by atoms with Crippen LogP contribution < -0.4 is 0 Å². The van der Waals surface area contributed by atoms with Crippen LogP contribution in [0.4, 0.5) is 0 Å². The van der Waals surface area contributed by atoms with Crippen LogP contribution in [0.15, 0.2) is 12.2 Å². The number of allylic oxidation sites excluding steroid dienone is 2. The summed E-state index contributed by atoms with van der Waals surface area (Å²) in [6, 6.07) is 0. The Kier molecular flexibility index (Phi) is 10.9. The van der Waals surface area contributed by atoms with Gasteiger partial charge in [-0.3, -0.25) is 9.59 Å². The highest BCUT2D eigenvalue weighted by atomic mass is 16.4. The first-order chi connectivity index (χ1) is 9.07. The molecule has 0 spiro atoms. The van der Waals surface area contributed by atoms with Crippen LogP contribution in [0.5, 0.6) is 0 Å². The van der Waals surface area contributed by atoms with Crippen molar-refractivity contribution in [1.82, 2.24) is 0 Å². The predicted octanol–water partition coefficient (Wildman–Crippen LogP) is 3.86. The fourth-order valence-electron chi connectivity index (χ4n) is 1.91. The van der Waals surface area contributed by atoms with Crippen LogP contribution in [-0.4, -0.2) is 22.2 Å². The molecule has 0 aliphatic rings. The second-order valence-electron chi connectivity index (χ2n) is 4.87. The summed E-state index contributed by atoms with van der Waals surface area (Å²) in [4.78, 5) is 21.4. The number of hydrogen-bond acceptors (Lipinski definition) is 2. The van der Waals surface area contributed by atoms with Gasteiger partial charge in [0.2, 0.25) is 0 Å². The summed E-state index contributed by atoms with van der Waals surface area (Å²) in [5, 5.41) is 17.5. The van der Waals surface area contributed by atoms with Gasteiger partial charge in [0.25, 0.3) is 0 Å². The summed E-state index contributed by atoms with van der Waals surface area (Å²) >= 11 is 0. The molecule has 0 aliphatic carbocycles. The zero-order valence-electron chi connectivity index (χ0n) is 11.8. The lowest BCUT2D eigenvalue weighted by molar-refractivity contribution is -0.143. The molecule has 19 heavy (non-hydrogen) atoms. The number of aliphatic carboxylic acids is 2. The number of hydrogen-bond donors (Lipinski definition) is 2. The molecule has 1 atom stereocenters. The predicted molar refractivity (Wildman–Crippen MR) is 75.1 cm³/mol. The van der Waals surface area contributed by atoms with Crippen LogP contribution in [-0.2, 0) is 9.59 Å². The Balaban J connectivity index is 3.71. The summed E-state index contributed by atoms with van der Waals surface area (Å²) in [6.45, 7) is 2.18. The van der Waals surface area contributed by atoms with E-state index in [9.17, 15) is 9.59 Å². The normalized spacial score (nSPS) is 12.7. The Labute approximate surface area is 115 Å². The van der Waals surface area contributed by atoms with E-state index in [-0.39, 0.29) is 12.8 Å². The summed E-state index contributed by atoms with van der Waals surface area (Å²) < 4.78 is 0. The second kappa shape index (κ2) is 11.8. The molecule has 1 unspecified atom stereocenters. The summed E-state index contributed by atoms with van der Waals surface area (Å²) in [5.41, 5.74) is 0. The van der Waals surface area contributed by atoms with Gasteiger partial charge in [0.15, 0.2) is 0 Å². The molecule has 4 heteroatoms. The molecule has 0 radical (unpaired) electrons. The highest BCUT2D eigenvalue weighted by Gasteiger charge is 2.17. The average Bonchev–Trinajstić information content (AvgIpc) is 2.35. The molecule has 0 aromatic rings. The average molecular weight is 270 g/mol. The highest BCUT2D eigenvalue weighted by Crippen LogP contribution is 2.15. The Hall–Kier alpha value is -1.32. The molecule has 0 saturated carbocycles. The Bertz CT molecular complexity index is 284. The minimum absolute atomic E-state index is 0.0717. The van der Waals surface area contributed by atoms with Gasteiger partial charge in [-0.05, 0) is 32.1 Å². The third kappa shape index (κ3) is 11.5. The largest absolute Gasteiger partial charge is 0.481 e. The second-order valence-corrected chi connectivity index (χ2v) is 4.87. The van der Waals surface area contributed by atoms with E-state index in [0.29, 0.717) is 12.8 Å². The van der Waals surface area contributed by atoms with Crippen molar-refractivity contribution in [3.05, 3.63) is 12.2 Å². The lowest BCUT2D eigenvalue weighted by Crippen LogP contribution is -2.15. The fraction of sp³-hybridized carbons (Fsp3) is 0.733. The Morgan fingerprint density at radius 3 is 2.26 bits per heavy atom. The van der Waals surface area contributed by atoms with Gasteiger partial charge < -0.3 is 10.2 Å². The van der Waals surface area contributed by atoms with Gasteiger partial charge in [0.1, 0.15) is 0 Å². The molecule has 0 aromatic carbocycles. The Morgan fingerprint density at radius 1 is 1.00 bits per heavy atom. The molecule has 0 rings (SSSR count). The van der Waals surface area contributed by atoms with Crippen molar-refractivity contribution in [2.24, 2.45) is 5.92 Å². The standard InChI is InChI=1S/C15H26O4/c1-2-3-4-5-6-7-8-9-10-13(15(18)19)11-12-14(16)17/h7-8,13H,2-6,9-12H2,1H3,(H,16,17)(H,18,19). The summed E-state index contributed by atoms with van der Waals surface area (Å²) in [7, 11) is 0. The van der Waals surface area contributed by atoms with Crippen molar-refractivity contribution in [3.63, 3.8) is 0 Å².